The Labute approximate surface area is 228 Å². The standard InChI is InChI=1S/C33H56O3Si/c1-23-19-21-33(36,37(9,10)30(3,4)5)22-26(23)15-14-25-12-11-20-32(8)27(16-17-28(25)32)24(2)13-18-29(34)31(6,7)35/h14-15,24,27-28,35-36H,1,11-13,16-22H2,2-10H3/t24-,27-,28?,32-,33-/m1/s1. The molecule has 0 heterocycles. The number of hydrogen-bond acceptors (Lipinski definition) is 3. The maximum Gasteiger partial charge on any atom is 0.163 e. The molecule has 3 aliphatic rings. The minimum Gasteiger partial charge on any atom is -0.393 e. The van der Waals surface area contributed by atoms with Crippen molar-refractivity contribution in [1.82, 2.24) is 0 Å². The van der Waals surface area contributed by atoms with Gasteiger partial charge < -0.3 is 10.2 Å². The van der Waals surface area contributed by atoms with E-state index < -0.39 is 18.9 Å². The number of rotatable bonds is 7. The molecule has 3 fully saturated rings. The summed E-state index contributed by atoms with van der Waals surface area (Å²) >= 11 is 0. The number of Topliss-reactive ketones (excluding diaryl/α,β-unsaturated/α-hetero) is 1. The molecule has 5 atom stereocenters. The Kier molecular flexibility index (Phi) is 8.71. The van der Waals surface area contributed by atoms with Gasteiger partial charge in [0, 0.05) is 6.42 Å². The summed E-state index contributed by atoms with van der Waals surface area (Å²) in [5.41, 5.74) is 3.10. The highest BCUT2D eigenvalue weighted by Gasteiger charge is 2.54. The van der Waals surface area contributed by atoms with Crippen molar-refractivity contribution >= 4 is 13.9 Å². The van der Waals surface area contributed by atoms with Crippen LogP contribution in [0.25, 0.3) is 0 Å². The Hall–Kier alpha value is -0.973. The van der Waals surface area contributed by atoms with Crippen molar-refractivity contribution in [3.63, 3.8) is 0 Å². The van der Waals surface area contributed by atoms with Gasteiger partial charge in [0.2, 0.25) is 0 Å². The molecule has 0 amide bonds. The summed E-state index contributed by atoms with van der Waals surface area (Å²) in [6.07, 6.45) is 14.6. The highest BCUT2D eigenvalue weighted by Crippen LogP contribution is 2.60. The number of carbonyl (C=O) groups is 1. The molecule has 0 aromatic rings. The largest absolute Gasteiger partial charge is 0.393 e. The van der Waals surface area contributed by atoms with Gasteiger partial charge in [0.25, 0.3) is 0 Å². The fourth-order valence-electron chi connectivity index (χ4n) is 7.74. The van der Waals surface area contributed by atoms with E-state index in [9.17, 15) is 15.0 Å². The van der Waals surface area contributed by atoms with Crippen molar-refractivity contribution in [2.75, 3.05) is 0 Å². The second-order valence-corrected chi connectivity index (χ2v) is 20.9. The summed E-state index contributed by atoms with van der Waals surface area (Å²) in [4.78, 5) is 12.3. The van der Waals surface area contributed by atoms with Gasteiger partial charge >= 0.3 is 0 Å². The molecular weight excluding hydrogens is 472 g/mol. The smallest absolute Gasteiger partial charge is 0.163 e. The van der Waals surface area contributed by atoms with Gasteiger partial charge in [-0.3, -0.25) is 4.79 Å². The maximum absolute atomic E-state index is 12.3. The van der Waals surface area contributed by atoms with Gasteiger partial charge in [0.15, 0.2) is 5.78 Å². The fourth-order valence-corrected chi connectivity index (χ4v) is 10.5. The maximum atomic E-state index is 12.3. The van der Waals surface area contributed by atoms with Crippen molar-refractivity contribution in [2.45, 2.75) is 142 Å². The highest BCUT2D eigenvalue weighted by atomic mass is 28.3. The summed E-state index contributed by atoms with van der Waals surface area (Å²) in [5.74, 6) is 1.67. The molecule has 3 saturated carbocycles. The van der Waals surface area contributed by atoms with E-state index in [0.29, 0.717) is 24.2 Å². The summed E-state index contributed by atoms with van der Waals surface area (Å²) in [5, 5.41) is 21.5. The van der Waals surface area contributed by atoms with Gasteiger partial charge in [-0.2, -0.15) is 0 Å². The molecule has 0 spiro atoms. The Bertz CT molecular complexity index is 944. The van der Waals surface area contributed by atoms with E-state index in [1.165, 1.54) is 43.3 Å². The second-order valence-electron chi connectivity index (χ2n) is 15.2. The van der Waals surface area contributed by atoms with Crippen LogP contribution in [-0.4, -0.2) is 34.9 Å². The average molecular weight is 529 g/mol. The van der Waals surface area contributed by atoms with Crippen molar-refractivity contribution in [3.8, 4) is 0 Å². The molecule has 3 rings (SSSR count). The van der Waals surface area contributed by atoms with E-state index >= 15 is 0 Å². The Morgan fingerprint density at radius 1 is 1.14 bits per heavy atom. The first-order chi connectivity index (χ1) is 16.8. The van der Waals surface area contributed by atoms with Crippen molar-refractivity contribution in [1.29, 1.82) is 0 Å². The topological polar surface area (TPSA) is 57.5 Å². The average Bonchev–Trinajstić information content (AvgIpc) is 3.14. The van der Waals surface area contributed by atoms with Crippen LogP contribution in [0.4, 0.5) is 0 Å². The van der Waals surface area contributed by atoms with Crippen molar-refractivity contribution in [3.05, 3.63) is 35.5 Å². The number of allylic oxidation sites excluding steroid dienone is 4. The summed E-state index contributed by atoms with van der Waals surface area (Å²) < 4.78 is 0. The first-order valence-electron chi connectivity index (χ1n) is 14.9. The van der Waals surface area contributed by atoms with Crippen LogP contribution in [0.15, 0.2) is 35.5 Å². The SMILES string of the molecule is C=C1CC[C@@](O)([Si](C)(C)C(C)(C)C)CC1=CC=C1CCC[C@@]2(C)C1CC[C@@H]2[C@H](C)CCC(=O)C(C)(C)O. The zero-order chi connectivity index (χ0) is 28.0. The van der Waals surface area contributed by atoms with Crippen LogP contribution in [0.5, 0.6) is 0 Å². The van der Waals surface area contributed by atoms with E-state index in [1.54, 1.807) is 19.4 Å². The Morgan fingerprint density at radius 2 is 1.78 bits per heavy atom. The molecular formula is C33H56O3Si. The van der Waals surface area contributed by atoms with Crippen LogP contribution in [0.3, 0.4) is 0 Å². The summed E-state index contributed by atoms with van der Waals surface area (Å²) in [6, 6.07) is 0. The molecule has 210 valence electrons. The van der Waals surface area contributed by atoms with E-state index in [-0.39, 0.29) is 16.2 Å². The predicted octanol–water partition coefficient (Wildman–Crippen LogP) is 8.33. The lowest BCUT2D eigenvalue weighted by Gasteiger charge is -2.52. The van der Waals surface area contributed by atoms with Crippen LogP contribution >= 0.6 is 0 Å². The third-order valence-corrected chi connectivity index (χ3v) is 18.1. The normalized spacial score (nSPS) is 34.6. The van der Waals surface area contributed by atoms with Gasteiger partial charge in [0.05, 0.1) is 13.3 Å². The summed E-state index contributed by atoms with van der Waals surface area (Å²) in [6.45, 7) is 24.0. The van der Waals surface area contributed by atoms with Gasteiger partial charge in [0.1, 0.15) is 5.60 Å². The van der Waals surface area contributed by atoms with Crippen molar-refractivity contribution in [2.24, 2.45) is 23.2 Å². The minimum absolute atomic E-state index is 0.0414. The quantitative estimate of drug-likeness (QED) is 0.327. The number of hydrogen-bond donors (Lipinski definition) is 2. The molecule has 37 heavy (non-hydrogen) atoms. The van der Waals surface area contributed by atoms with E-state index in [4.69, 9.17) is 0 Å². The van der Waals surface area contributed by atoms with Crippen LogP contribution in [0.1, 0.15) is 113 Å². The van der Waals surface area contributed by atoms with Crippen LogP contribution < -0.4 is 0 Å². The van der Waals surface area contributed by atoms with Crippen LogP contribution in [-0.2, 0) is 4.79 Å². The lowest BCUT2D eigenvalue weighted by molar-refractivity contribution is -0.134. The lowest BCUT2D eigenvalue weighted by Crippen LogP contribution is -2.60. The fraction of sp³-hybridized carbons (Fsp3) is 0.788. The first-order valence-corrected chi connectivity index (χ1v) is 17.9. The van der Waals surface area contributed by atoms with E-state index in [1.807, 2.05) is 0 Å². The molecule has 3 aliphatic carbocycles. The lowest BCUT2D eigenvalue weighted by atomic mass is 9.60. The highest BCUT2D eigenvalue weighted by molar-refractivity contribution is 6.82. The van der Waals surface area contributed by atoms with Gasteiger partial charge in [-0.25, -0.2) is 0 Å². The van der Waals surface area contributed by atoms with Crippen LogP contribution in [0, 0.1) is 23.2 Å². The number of aliphatic hydroxyl groups is 2. The molecule has 4 heteroatoms. The molecule has 1 unspecified atom stereocenters. The monoisotopic (exact) mass is 528 g/mol. The molecule has 0 aromatic carbocycles. The van der Waals surface area contributed by atoms with Crippen molar-refractivity contribution < 1.29 is 15.0 Å². The van der Waals surface area contributed by atoms with Crippen LogP contribution in [0.2, 0.25) is 18.1 Å². The molecule has 3 nitrogen and oxygen atoms in total. The number of ketones is 1. The first kappa shape index (κ1) is 30.6. The number of carbonyl (C=O) groups excluding carboxylic acids is 1. The predicted molar refractivity (Wildman–Crippen MR) is 159 cm³/mol. The number of fused-ring (bicyclic) bond motifs is 1. The third kappa shape index (κ3) is 5.97. The van der Waals surface area contributed by atoms with Gasteiger partial charge in [-0.05, 0) is 105 Å². The molecule has 0 aromatic heterocycles. The molecule has 2 N–H and O–H groups in total. The van der Waals surface area contributed by atoms with E-state index in [2.05, 4.69) is 66.4 Å². The zero-order valence-electron chi connectivity index (χ0n) is 25.5. The molecule has 0 aliphatic heterocycles. The third-order valence-electron chi connectivity index (χ3n) is 11.5. The zero-order valence-corrected chi connectivity index (χ0v) is 26.5. The van der Waals surface area contributed by atoms with E-state index in [0.717, 1.165) is 25.7 Å². The second kappa shape index (κ2) is 10.5. The van der Waals surface area contributed by atoms with Gasteiger partial charge in [-0.1, -0.05) is 77.6 Å². The molecule has 0 saturated heterocycles. The summed E-state index contributed by atoms with van der Waals surface area (Å²) in [7, 11) is -1.94. The molecule has 0 bridgehead atoms. The Balaban J connectivity index is 1.78. The van der Waals surface area contributed by atoms with Gasteiger partial charge in [-0.15, -0.1) is 0 Å². The minimum atomic E-state index is -1.94. The molecule has 0 radical (unpaired) electrons. The Morgan fingerprint density at radius 3 is 2.38 bits per heavy atom.